The van der Waals surface area contributed by atoms with Crippen molar-refractivity contribution in [2.24, 2.45) is 7.05 Å². The van der Waals surface area contributed by atoms with E-state index in [-0.39, 0.29) is 11.7 Å². The topological polar surface area (TPSA) is 85.0 Å². The van der Waals surface area contributed by atoms with E-state index in [1.54, 1.807) is 30.5 Å². The lowest BCUT2D eigenvalue weighted by Crippen LogP contribution is -2.34. The molecular weight excluding hydrogens is 386 g/mol. The van der Waals surface area contributed by atoms with Crippen molar-refractivity contribution in [2.45, 2.75) is 6.04 Å². The van der Waals surface area contributed by atoms with Gasteiger partial charge in [0, 0.05) is 42.3 Å². The third kappa shape index (κ3) is 4.60. The second-order valence-electron chi connectivity index (χ2n) is 5.78. The Kier molecular flexibility index (Phi) is 5.68. The fraction of sp³-hybridized carbons (Fsp3) is 0.111. The zero-order chi connectivity index (χ0) is 19.4. The molecule has 0 spiro atoms. The average Bonchev–Trinajstić information content (AvgIpc) is 3.07. The van der Waals surface area contributed by atoms with Crippen LogP contribution in [0.15, 0.2) is 60.9 Å². The summed E-state index contributed by atoms with van der Waals surface area (Å²) in [6.45, 7) is 0. The quantitative estimate of drug-likeness (QED) is 0.381. The molecule has 3 rings (SSSR count). The van der Waals surface area contributed by atoms with Gasteiger partial charge in [0.1, 0.15) is 11.9 Å². The monoisotopic (exact) mass is 401 g/mol. The number of hydrogen-bond acceptors (Lipinski definition) is 4. The SMILES string of the molecule is Cn1ccnc1[C@@H](NC(=S)Nc1ccc([N+](=O)[O-])cc1)c1ccc(Cl)cc1. The van der Waals surface area contributed by atoms with Gasteiger partial charge in [-0.15, -0.1) is 0 Å². The van der Waals surface area contributed by atoms with Crippen LogP contribution < -0.4 is 10.6 Å². The zero-order valence-electron chi connectivity index (χ0n) is 14.3. The van der Waals surface area contributed by atoms with E-state index in [2.05, 4.69) is 15.6 Å². The van der Waals surface area contributed by atoms with Gasteiger partial charge in [-0.3, -0.25) is 10.1 Å². The number of anilines is 1. The lowest BCUT2D eigenvalue weighted by molar-refractivity contribution is -0.384. The number of imidazole rings is 1. The number of thiocarbonyl (C=S) groups is 1. The van der Waals surface area contributed by atoms with Crippen LogP contribution >= 0.6 is 23.8 Å². The summed E-state index contributed by atoms with van der Waals surface area (Å²) >= 11 is 11.4. The summed E-state index contributed by atoms with van der Waals surface area (Å²) in [5.41, 5.74) is 1.61. The standard InChI is InChI=1S/C18H16ClN5O2S/c1-23-11-10-20-17(23)16(12-2-4-13(19)5-3-12)22-18(27)21-14-6-8-15(9-7-14)24(25)26/h2-11,16H,1H3,(H2,21,22,27)/t16-/m0/s1. The van der Waals surface area contributed by atoms with Gasteiger partial charge >= 0.3 is 0 Å². The summed E-state index contributed by atoms with van der Waals surface area (Å²) < 4.78 is 1.90. The molecule has 138 valence electrons. The summed E-state index contributed by atoms with van der Waals surface area (Å²) in [6, 6.07) is 13.2. The number of aryl methyl sites for hydroxylation is 1. The van der Waals surface area contributed by atoms with Gasteiger partial charge in [0.25, 0.3) is 5.69 Å². The maximum Gasteiger partial charge on any atom is 0.269 e. The number of non-ortho nitro benzene ring substituents is 1. The summed E-state index contributed by atoms with van der Waals surface area (Å²) in [5, 5.41) is 18.0. The van der Waals surface area contributed by atoms with E-state index in [1.807, 2.05) is 29.9 Å². The van der Waals surface area contributed by atoms with Crippen LogP contribution in [0.4, 0.5) is 11.4 Å². The van der Waals surface area contributed by atoms with Crippen molar-refractivity contribution in [1.82, 2.24) is 14.9 Å². The third-order valence-electron chi connectivity index (χ3n) is 3.93. The van der Waals surface area contributed by atoms with Crippen molar-refractivity contribution >= 4 is 40.3 Å². The predicted octanol–water partition coefficient (Wildman–Crippen LogP) is 4.06. The first kappa shape index (κ1) is 18.8. The highest BCUT2D eigenvalue weighted by molar-refractivity contribution is 7.80. The molecule has 2 aromatic carbocycles. The molecule has 0 saturated carbocycles. The van der Waals surface area contributed by atoms with Crippen LogP contribution in [0.5, 0.6) is 0 Å². The van der Waals surface area contributed by atoms with Crippen LogP contribution in [0, 0.1) is 10.1 Å². The second kappa shape index (κ2) is 8.15. The first-order valence-electron chi connectivity index (χ1n) is 7.98. The Morgan fingerprint density at radius 2 is 1.89 bits per heavy atom. The van der Waals surface area contributed by atoms with Crippen molar-refractivity contribution in [3.8, 4) is 0 Å². The van der Waals surface area contributed by atoms with Crippen molar-refractivity contribution in [3.05, 3.63) is 87.4 Å². The molecule has 0 bridgehead atoms. The van der Waals surface area contributed by atoms with Crippen LogP contribution in [0.1, 0.15) is 17.4 Å². The summed E-state index contributed by atoms with van der Waals surface area (Å²) in [5.74, 6) is 0.783. The molecule has 0 amide bonds. The molecule has 0 fully saturated rings. The van der Waals surface area contributed by atoms with E-state index in [0.29, 0.717) is 15.8 Å². The van der Waals surface area contributed by atoms with Gasteiger partial charge in [0.05, 0.1) is 4.92 Å². The van der Waals surface area contributed by atoms with Gasteiger partial charge in [-0.25, -0.2) is 4.98 Å². The van der Waals surface area contributed by atoms with Gasteiger partial charge in [-0.05, 0) is 42.0 Å². The van der Waals surface area contributed by atoms with Crippen molar-refractivity contribution in [3.63, 3.8) is 0 Å². The average molecular weight is 402 g/mol. The molecule has 1 aromatic heterocycles. The van der Waals surface area contributed by atoms with E-state index in [0.717, 1.165) is 11.4 Å². The number of benzene rings is 2. The van der Waals surface area contributed by atoms with Gasteiger partial charge in [-0.2, -0.15) is 0 Å². The molecule has 0 unspecified atom stereocenters. The molecule has 0 aliphatic heterocycles. The minimum Gasteiger partial charge on any atom is -0.348 e. The number of nitrogens with zero attached hydrogens (tertiary/aromatic N) is 3. The third-order valence-corrected chi connectivity index (χ3v) is 4.40. The van der Waals surface area contributed by atoms with Crippen LogP contribution in [0.3, 0.4) is 0 Å². The molecule has 7 nitrogen and oxygen atoms in total. The highest BCUT2D eigenvalue weighted by atomic mass is 35.5. The Morgan fingerprint density at radius 1 is 1.22 bits per heavy atom. The zero-order valence-corrected chi connectivity index (χ0v) is 15.9. The first-order valence-corrected chi connectivity index (χ1v) is 8.77. The van der Waals surface area contributed by atoms with E-state index >= 15 is 0 Å². The van der Waals surface area contributed by atoms with Crippen LogP contribution in [-0.2, 0) is 7.05 Å². The Morgan fingerprint density at radius 3 is 2.44 bits per heavy atom. The van der Waals surface area contributed by atoms with Crippen molar-refractivity contribution in [1.29, 1.82) is 0 Å². The number of rotatable bonds is 5. The Bertz CT molecular complexity index is 957. The fourth-order valence-electron chi connectivity index (χ4n) is 2.57. The molecule has 1 heterocycles. The predicted molar refractivity (Wildman–Crippen MR) is 109 cm³/mol. The molecule has 0 saturated heterocycles. The Balaban J connectivity index is 1.79. The molecule has 3 aromatic rings. The number of halogens is 1. The van der Waals surface area contributed by atoms with Crippen LogP contribution in [0.2, 0.25) is 5.02 Å². The minimum absolute atomic E-state index is 0.0199. The fourth-order valence-corrected chi connectivity index (χ4v) is 2.93. The normalized spacial score (nSPS) is 11.6. The minimum atomic E-state index is -0.446. The van der Waals surface area contributed by atoms with Crippen molar-refractivity contribution in [2.75, 3.05) is 5.32 Å². The molecule has 0 radical (unpaired) electrons. The summed E-state index contributed by atoms with van der Waals surface area (Å²) in [4.78, 5) is 14.7. The maximum absolute atomic E-state index is 10.8. The Labute approximate surface area is 166 Å². The second-order valence-corrected chi connectivity index (χ2v) is 6.63. The lowest BCUT2D eigenvalue weighted by Gasteiger charge is -2.21. The highest BCUT2D eigenvalue weighted by Gasteiger charge is 2.19. The molecular formula is C18H16ClN5O2S. The van der Waals surface area contributed by atoms with Crippen LogP contribution in [-0.4, -0.2) is 19.6 Å². The highest BCUT2D eigenvalue weighted by Crippen LogP contribution is 2.23. The van der Waals surface area contributed by atoms with Gasteiger partial charge in [0.15, 0.2) is 5.11 Å². The summed E-state index contributed by atoms with van der Waals surface area (Å²) in [6.07, 6.45) is 3.57. The van der Waals surface area contributed by atoms with E-state index < -0.39 is 4.92 Å². The van der Waals surface area contributed by atoms with E-state index in [9.17, 15) is 10.1 Å². The lowest BCUT2D eigenvalue weighted by atomic mass is 10.1. The number of nitro groups is 1. The summed E-state index contributed by atoms with van der Waals surface area (Å²) in [7, 11) is 1.90. The van der Waals surface area contributed by atoms with E-state index in [1.165, 1.54) is 12.1 Å². The van der Waals surface area contributed by atoms with Gasteiger partial charge in [0.2, 0.25) is 0 Å². The smallest absolute Gasteiger partial charge is 0.269 e. The Hall–Kier alpha value is -2.97. The molecule has 0 aliphatic carbocycles. The molecule has 2 N–H and O–H groups in total. The maximum atomic E-state index is 10.8. The number of nitrogens with one attached hydrogen (secondary N) is 2. The molecule has 1 atom stereocenters. The van der Waals surface area contributed by atoms with Gasteiger partial charge in [-0.1, -0.05) is 23.7 Å². The first-order chi connectivity index (χ1) is 12.9. The largest absolute Gasteiger partial charge is 0.348 e. The van der Waals surface area contributed by atoms with Gasteiger partial charge < -0.3 is 15.2 Å². The van der Waals surface area contributed by atoms with Crippen molar-refractivity contribution < 1.29 is 4.92 Å². The molecule has 0 aliphatic rings. The van der Waals surface area contributed by atoms with E-state index in [4.69, 9.17) is 23.8 Å². The molecule has 9 heteroatoms. The molecule has 27 heavy (non-hydrogen) atoms. The number of aromatic nitrogens is 2. The van der Waals surface area contributed by atoms with Crippen LogP contribution in [0.25, 0.3) is 0 Å². The number of nitro benzene ring substituents is 1. The number of hydrogen-bond donors (Lipinski definition) is 2.